The minimum absolute atomic E-state index is 0. The standard InChI is InChI=1S/C39H53N5O7.C36H53N5O7.CH4/c1-2-41-15-17-43(26-38(47)48)21-19-42(20-22-44(18-16-41)27-39(49)50)25-35(45)14-12-30-7-9-31(10-8-30)28-51-29-37(46)36(40)24-32-11-13-33-5-3-4-6-34(33)23-32;1-2-38-16-18-40(25-35(44)45)22-20-39(21-23-41(19-17-38)26-36(46)47)24-32(42)14-12-30-8-10-31(11-9-30)27-48-28-34(43)33(37)15-13-29-6-4-3-5-7-29;/h3-11,13,23,36H,2,12,14-22,24-29,40H2,1H3,(H,47,48)(H,49,50);3-11,33H,2,12-28,37H2,1H3,(H,44,45)(H,46,47);1H4/t36-;33-;/m11./s1. The lowest BCUT2D eigenvalue weighted by Crippen LogP contribution is -2.48. The highest BCUT2D eigenvalue weighted by Gasteiger charge is 2.24. The van der Waals surface area contributed by atoms with Crippen LogP contribution in [0.3, 0.4) is 0 Å². The fourth-order valence-corrected chi connectivity index (χ4v) is 11.9. The van der Waals surface area contributed by atoms with Gasteiger partial charge in [0.25, 0.3) is 0 Å². The second-order valence-electron chi connectivity index (χ2n) is 25.9. The van der Waals surface area contributed by atoms with Gasteiger partial charge in [-0.25, -0.2) is 0 Å². The quantitative estimate of drug-likeness (QED) is 0.0320. The number of carboxylic acid groups (broad SMARTS) is 4. The number of carbonyl (C=O) groups excluding carboxylic acids is 4. The molecule has 0 saturated carbocycles. The number of aliphatic carboxylic acids is 4. The molecule has 2 fully saturated rings. The Morgan fingerprint density at radius 3 is 1.05 bits per heavy atom. The molecule has 24 heteroatoms. The van der Waals surface area contributed by atoms with Crippen LogP contribution in [0.5, 0.6) is 0 Å². The van der Waals surface area contributed by atoms with Gasteiger partial charge in [-0.1, -0.05) is 143 Å². The van der Waals surface area contributed by atoms with E-state index in [1.54, 1.807) is 0 Å². The number of nitrogens with two attached hydrogens (primary N) is 2. The molecule has 5 aromatic carbocycles. The zero-order valence-corrected chi connectivity index (χ0v) is 58.1. The Morgan fingerprint density at radius 1 is 0.370 bits per heavy atom. The maximum absolute atomic E-state index is 13.1. The van der Waals surface area contributed by atoms with Gasteiger partial charge in [0.1, 0.15) is 24.8 Å². The Bertz CT molecular complexity index is 3230. The smallest absolute Gasteiger partial charge is 0.317 e. The molecule has 100 heavy (non-hydrogen) atoms. The number of nitrogens with zero attached hydrogens (tertiary/aromatic N) is 8. The second-order valence-corrected chi connectivity index (χ2v) is 25.9. The summed E-state index contributed by atoms with van der Waals surface area (Å²) in [6.07, 6.45) is 3.60. The van der Waals surface area contributed by atoms with Crippen molar-refractivity contribution >= 4 is 57.8 Å². The fraction of sp³-hybridized carbons (Fsp3) is 0.526. The predicted octanol–water partition coefficient (Wildman–Crippen LogP) is 4.69. The highest BCUT2D eigenvalue weighted by Crippen LogP contribution is 2.18. The molecule has 2 aliphatic heterocycles. The third-order valence-electron chi connectivity index (χ3n) is 18.1. The minimum Gasteiger partial charge on any atom is -0.480 e. The summed E-state index contributed by atoms with van der Waals surface area (Å²) in [4.78, 5) is 113. The number of rotatable bonds is 35. The first-order chi connectivity index (χ1) is 47.7. The zero-order chi connectivity index (χ0) is 71.3. The average Bonchev–Trinajstić information content (AvgIpc) is 0.844. The number of Topliss-reactive ketones (excluding diaryl/α,β-unsaturated/α-hetero) is 4. The Labute approximate surface area is 590 Å². The number of carbonyl (C=O) groups is 8. The molecule has 24 nitrogen and oxygen atoms in total. The summed E-state index contributed by atoms with van der Waals surface area (Å²) in [5.41, 5.74) is 18.3. The van der Waals surface area contributed by atoms with Crippen LogP contribution in [0.2, 0.25) is 0 Å². The third-order valence-corrected chi connectivity index (χ3v) is 18.1. The Balaban J connectivity index is 0.000000358. The molecule has 548 valence electrons. The Morgan fingerprint density at radius 2 is 0.680 bits per heavy atom. The molecule has 0 radical (unpaired) electrons. The molecule has 0 spiro atoms. The van der Waals surface area contributed by atoms with E-state index in [1.165, 1.54) is 0 Å². The minimum atomic E-state index is -0.886. The van der Waals surface area contributed by atoms with Crippen molar-refractivity contribution in [2.45, 2.75) is 91.5 Å². The van der Waals surface area contributed by atoms with Crippen LogP contribution in [-0.2, 0) is 86.7 Å². The summed E-state index contributed by atoms with van der Waals surface area (Å²) in [7, 11) is 0. The summed E-state index contributed by atoms with van der Waals surface area (Å²) >= 11 is 0. The van der Waals surface area contributed by atoms with E-state index in [0.717, 1.165) is 63.7 Å². The summed E-state index contributed by atoms with van der Waals surface area (Å²) in [5.74, 6) is -3.67. The molecule has 2 saturated heterocycles. The van der Waals surface area contributed by atoms with E-state index < -0.39 is 36.0 Å². The van der Waals surface area contributed by atoms with Gasteiger partial charge in [0.05, 0.1) is 64.6 Å². The van der Waals surface area contributed by atoms with Crippen LogP contribution in [0.25, 0.3) is 10.8 Å². The Kier molecular flexibility index (Phi) is 38.3. The van der Waals surface area contributed by atoms with Crippen molar-refractivity contribution in [3.05, 3.63) is 155 Å². The van der Waals surface area contributed by atoms with Gasteiger partial charge in [0.2, 0.25) is 0 Å². The van der Waals surface area contributed by atoms with Gasteiger partial charge in [-0.05, 0) is 89.3 Å². The van der Waals surface area contributed by atoms with Gasteiger partial charge in [0.15, 0.2) is 11.6 Å². The van der Waals surface area contributed by atoms with Gasteiger partial charge >= 0.3 is 23.9 Å². The van der Waals surface area contributed by atoms with E-state index in [9.17, 15) is 58.8 Å². The summed E-state index contributed by atoms with van der Waals surface area (Å²) in [6, 6.07) is 38.5. The molecule has 7 rings (SSSR count). The molecule has 0 unspecified atom stereocenters. The first-order valence-corrected chi connectivity index (χ1v) is 34.8. The van der Waals surface area contributed by atoms with Gasteiger partial charge in [-0.2, -0.15) is 0 Å². The van der Waals surface area contributed by atoms with Crippen LogP contribution in [0.4, 0.5) is 0 Å². The van der Waals surface area contributed by atoms with Gasteiger partial charge in [-0.15, -0.1) is 0 Å². The van der Waals surface area contributed by atoms with E-state index in [2.05, 4.69) is 15.9 Å². The first kappa shape index (κ1) is 83.1. The summed E-state index contributed by atoms with van der Waals surface area (Å²) < 4.78 is 11.3. The maximum atomic E-state index is 13.1. The third kappa shape index (κ3) is 33.3. The number of likely N-dealkylation sites (N-methyl/N-ethyl adjacent to an activating group) is 2. The van der Waals surface area contributed by atoms with E-state index in [1.807, 2.05) is 159 Å². The van der Waals surface area contributed by atoms with Crippen LogP contribution < -0.4 is 11.5 Å². The van der Waals surface area contributed by atoms with Crippen molar-refractivity contribution in [3.63, 3.8) is 0 Å². The normalized spacial score (nSPS) is 16.6. The molecular formula is C76H110N10O14. The summed E-state index contributed by atoms with van der Waals surface area (Å²) in [5, 5.41) is 40.0. The van der Waals surface area contributed by atoms with E-state index >= 15 is 0 Å². The van der Waals surface area contributed by atoms with Crippen LogP contribution >= 0.6 is 0 Å². The number of aryl methyl sites for hydroxylation is 3. The lowest BCUT2D eigenvalue weighted by atomic mass is 10.0. The Hall–Kier alpha value is -7.56. The topological polar surface area (TPSA) is 314 Å². The molecule has 0 aliphatic carbocycles. The van der Waals surface area contributed by atoms with Crippen molar-refractivity contribution in [2.75, 3.05) is 170 Å². The molecule has 0 bridgehead atoms. The van der Waals surface area contributed by atoms with E-state index in [4.69, 9.17) is 20.9 Å². The number of ketones is 4. The van der Waals surface area contributed by atoms with E-state index in [-0.39, 0.29) is 89.6 Å². The summed E-state index contributed by atoms with van der Waals surface area (Å²) in [6.45, 7) is 15.5. The van der Waals surface area contributed by atoms with Crippen LogP contribution in [0.1, 0.15) is 73.9 Å². The molecule has 0 amide bonds. The molecule has 0 aromatic heterocycles. The fourth-order valence-electron chi connectivity index (χ4n) is 11.9. The molecular weight excluding hydrogens is 1280 g/mol. The molecule has 2 heterocycles. The van der Waals surface area contributed by atoms with Crippen LogP contribution in [0, 0.1) is 0 Å². The van der Waals surface area contributed by atoms with Gasteiger partial charge in [-0.3, -0.25) is 67.8 Å². The molecule has 8 N–H and O–H groups in total. The van der Waals surface area contributed by atoms with Crippen LogP contribution in [-0.4, -0.2) is 289 Å². The largest absolute Gasteiger partial charge is 0.480 e. The monoisotopic (exact) mass is 1390 g/mol. The number of carboxylic acids is 4. The maximum Gasteiger partial charge on any atom is 0.317 e. The zero-order valence-electron chi connectivity index (χ0n) is 58.1. The number of hydrogen-bond acceptors (Lipinski definition) is 20. The number of fused-ring (bicyclic) bond motifs is 1. The first-order valence-electron chi connectivity index (χ1n) is 34.8. The lowest BCUT2D eigenvalue weighted by molar-refractivity contribution is -0.139. The molecule has 5 aromatic rings. The lowest BCUT2D eigenvalue weighted by Gasteiger charge is -2.33. The molecule has 2 aliphatic rings. The van der Waals surface area contributed by atoms with Crippen molar-refractivity contribution in [2.24, 2.45) is 11.5 Å². The second kappa shape index (κ2) is 46.1. The average molecular weight is 1390 g/mol. The van der Waals surface area contributed by atoms with Crippen molar-refractivity contribution in [3.8, 4) is 0 Å². The predicted molar refractivity (Wildman–Crippen MR) is 387 cm³/mol. The van der Waals surface area contributed by atoms with Crippen molar-refractivity contribution in [1.82, 2.24) is 39.2 Å². The molecule has 2 atom stereocenters. The van der Waals surface area contributed by atoms with Crippen molar-refractivity contribution in [1.29, 1.82) is 0 Å². The van der Waals surface area contributed by atoms with E-state index in [0.29, 0.717) is 150 Å². The highest BCUT2D eigenvalue weighted by atomic mass is 16.5. The van der Waals surface area contributed by atoms with Crippen molar-refractivity contribution < 1.29 is 68.3 Å². The van der Waals surface area contributed by atoms with Gasteiger partial charge < -0.3 is 51.2 Å². The SMILES string of the molecule is C.CCN1CCN(CC(=O)O)CCN(CC(=O)CCc2ccc(COCC(=O)[C@H](N)CCc3ccccc3)cc2)CCN(CC(=O)O)CC1.CCN1CCN(CC(=O)O)CCN(CC(=O)CCc2ccc(COCC(=O)[C@H](N)Cc3ccc4ccccc4c3)cc2)CCN(CC(=O)O)CC1. The number of ether oxygens (including phenoxy) is 2. The number of hydrogen-bond donors (Lipinski definition) is 6. The highest BCUT2D eigenvalue weighted by molar-refractivity contribution is 5.87. The van der Waals surface area contributed by atoms with Gasteiger partial charge in [0, 0.05) is 118 Å². The number of benzene rings is 5. The van der Waals surface area contributed by atoms with Crippen LogP contribution in [0.15, 0.2) is 121 Å².